The summed E-state index contributed by atoms with van der Waals surface area (Å²) in [5.74, 6) is 1.47. The van der Waals surface area contributed by atoms with Crippen LogP contribution in [0, 0.1) is 0 Å². The van der Waals surface area contributed by atoms with Crippen molar-refractivity contribution in [1.29, 1.82) is 0 Å². The Balaban J connectivity index is 1.86. The van der Waals surface area contributed by atoms with Gasteiger partial charge in [0.25, 0.3) is 0 Å². The molecule has 2 aromatic rings. The van der Waals surface area contributed by atoms with Crippen molar-refractivity contribution in [3.8, 4) is 5.75 Å². The van der Waals surface area contributed by atoms with Gasteiger partial charge in [0, 0.05) is 20.1 Å². The van der Waals surface area contributed by atoms with E-state index >= 15 is 0 Å². The van der Waals surface area contributed by atoms with Gasteiger partial charge in [-0.2, -0.15) is 0 Å². The van der Waals surface area contributed by atoms with Crippen LogP contribution in [0.25, 0.3) is 0 Å². The molecule has 146 valence electrons. The van der Waals surface area contributed by atoms with E-state index in [-0.39, 0.29) is 5.75 Å². The van der Waals surface area contributed by atoms with Gasteiger partial charge in [0.05, 0.1) is 12.9 Å². The van der Waals surface area contributed by atoms with E-state index < -0.39 is 10.0 Å². The lowest BCUT2D eigenvalue weighted by Gasteiger charge is -2.13. The zero-order valence-electron chi connectivity index (χ0n) is 15.8. The summed E-state index contributed by atoms with van der Waals surface area (Å²) in [6, 6.07) is 15.3. The number of rotatable bonds is 8. The first-order chi connectivity index (χ1) is 13.0. The quantitative estimate of drug-likeness (QED) is 0.470. The van der Waals surface area contributed by atoms with Crippen molar-refractivity contribution in [1.82, 2.24) is 15.4 Å². The Kier molecular flexibility index (Phi) is 7.63. The highest BCUT2D eigenvalue weighted by molar-refractivity contribution is 7.88. The van der Waals surface area contributed by atoms with Crippen molar-refractivity contribution in [2.45, 2.75) is 18.8 Å². The number of hydrogen-bond acceptors (Lipinski definition) is 4. The summed E-state index contributed by atoms with van der Waals surface area (Å²) in [7, 11) is 1.52. The zero-order chi connectivity index (χ0) is 19.7. The number of benzene rings is 2. The Morgan fingerprint density at radius 1 is 1.00 bits per heavy atom. The van der Waals surface area contributed by atoms with Gasteiger partial charge < -0.3 is 15.4 Å². The number of nitrogens with one attached hydrogen (secondary N) is 3. The Hall–Kier alpha value is -2.58. The monoisotopic (exact) mass is 390 g/mol. The summed E-state index contributed by atoms with van der Waals surface area (Å²) in [5, 5.41) is 6.49. The summed E-state index contributed by atoms with van der Waals surface area (Å²) in [6.07, 6.45) is 0. The van der Waals surface area contributed by atoms with Gasteiger partial charge in [-0.05, 0) is 35.9 Å². The first-order valence-corrected chi connectivity index (χ1v) is 10.2. The van der Waals surface area contributed by atoms with Gasteiger partial charge in [-0.3, -0.25) is 4.99 Å². The molecule has 0 amide bonds. The predicted molar refractivity (Wildman–Crippen MR) is 108 cm³/mol. The minimum Gasteiger partial charge on any atom is -0.497 e. The van der Waals surface area contributed by atoms with Gasteiger partial charge in [0.1, 0.15) is 5.75 Å². The second-order valence-electron chi connectivity index (χ2n) is 5.91. The van der Waals surface area contributed by atoms with Crippen molar-refractivity contribution in [3.05, 3.63) is 65.2 Å². The molecule has 0 atom stereocenters. The third-order valence-electron chi connectivity index (χ3n) is 3.97. The van der Waals surface area contributed by atoms with E-state index in [0.717, 1.165) is 22.4 Å². The van der Waals surface area contributed by atoms with Crippen LogP contribution >= 0.6 is 0 Å². The highest BCUT2D eigenvalue weighted by Crippen LogP contribution is 2.12. The minimum absolute atomic E-state index is 0.0268. The zero-order valence-corrected chi connectivity index (χ0v) is 16.6. The van der Waals surface area contributed by atoms with E-state index in [9.17, 15) is 8.42 Å². The van der Waals surface area contributed by atoms with Crippen LogP contribution in [0.5, 0.6) is 5.75 Å². The molecule has 2 aromatic carbocycles. The molecule has 0 aliphatic rings. The molecule has 0 unspecified atom stereocenters. The predicted octanol–water partition coefficient (Wildman–Crippen LogP) is 1.61. The topological polar surface area (TPSA) is 91.8 Å². The number of nitrogens with zero attached hydrogens (tertiary/aromatic N) is 1. The lowest BCUT2D eigenvalue weighted by molar-refractivity contribution is 0.414. The number of hydrogen-bond donors (Lipinski definition) is 3. The van der Waals surface area contributed by atoms with Crippen molar-refractivity contribution in [2.75, 3.05) is 21.2 Å². The summed E-state index contributed by atoms with van der Waals surface area (Å²) in [5.41, 5.74) is 2.87. The fraction of sp³-hybridized carbons (Fsp3) is 0.316. The van der Waals surface area contributed by atoms with E-state index in [1.807, 2.05) is 48.5 Å². The van der Waals surface area contributed by atoms with Gasteiger partial charge in [-0.15, -0.1) is 0 Å². The van der Waals surface area contributed by atoms with Crippen molar-refractivity contribution < 1.29 is 13.2 Å². The van der Waals surface area contributed by atoms with Crippen LogP contribution in [0.3, 0.4) is 0 Å². The van der Waals surface area contributed by atoms with E-state index in [0.29, 0.717) is 19.0 Å². The highest BCUT2D eigenvalue weighted by atomic mass is 32.2. The van der Waals surface area contributed by atoms with Gasteiger partial charge in [0.15, 0.2) is 5.96 Å². The molecule has 0 spiro atoms. The first-order valence-electron chi connectivity index (χ1n) is 8.52. The molecule has 0 fully saturated rings. The summed E-state index contributed by atoms with van der Waals surface area (Å²) < 4.78 is 30.7. The fourth-order valence-corrected chi connectivity index (χ4v) is 3.20. The fourth-order valence-electron chi connectivity index (χ4n) is 2.42. The normalized spacial score (nSPS) is 11.9. The second kappa shape index (κ2) is 9.94. The van der Waals surface area contributed by atoms with E-state index in [2.05, 4.69) is 20.3 Å². The van der Waals surface area contributed by atoms with Crippen LogP contribution in [0.1, 0.15) is 16.7 Å². The average Bonchev–Trinajstić information content (AvgIpc) is 2.69. The van der Waals surface area contributed by atoms with Gasteiger partial charge in [-0.1, -0.05) is 36.4 Å². The molecule has 0 saturated heterocycles. The molecular weight excluding hydrogens is 364 g/mol. The molecule has 2 rings (SSSR count). The van der Waals surface area contributed by atoms with Crippen molar-refractivity contribution >= 4 is 16.0 Å². The number of guanidine groups is 1. The third kappa shape index (κ3) is 6.92. The first kappa shape index (κ1) is 20.7. The van der Waals surface area contributed by atoms with Gasteiger partial charge in [-0.25, -0.2) is 13.1 Å². The standard InChI is InChI=1S/C19H26N4O3S/c1-20-19(23-13-17-5-4-6-18(11-17)26-3)22-12-15-7-9-16(10-8-15)14-27(24,25)21-2/h4-11,21H,12-14H2,1-3H3,(H2,20,22,23). The SMILES string of the molecule is CN=C(NCc1ccc(CS(=O)(=O)NC)cc1)NCc1cccc(OC)c1. The molecule has 7 nitrogen and oxygen atoms in total. The van der Waals surface area contributed by atoms with Crippen molar-refractivity contribution in [2.24, 2.45) is 4.99 Å². The molecule has 3 N–H and O–H groups in total. The molecular formula is C19H26N4O3S. The van der Waals surface area contributed by atoms with E-state index in [4.69, 9.17) is 4.74 Å². The Bertz CT molecular complexity index is 865. The lowest BCUT2D eigenvalue weighted by Crippen LogP contribution is -2.36. The molecule has 0 aliphatic carbocycles. The maximum atomic E-state index is 11.6. The molecule has 0 radical (unpaired) electrons. The Morgan fingerprint density at radius 2 is 1.63 bits per heavy atom. The summed E-state index contributed by atoms with van der Waals surface area (Å²) in [6.45, 7) is 1.20. The number of sulfonamides is 1. The van der Waals surface area contributed by atoms with Gasteiger partial charge >= 0.3 is 0 Å². The van der Waals surface area contributed by atoms with Crippen LogP contribution in [0.2, 0.25) is 0 Å². The minimum atomic E-state index is -3.26. The third-order valence-corrected chi connectivity index (χ3v) is 5.30. The maximum Gasteiger partial charge on any atom is 0.215 e. The highest BCUT2D eigenvalue weighted by Gasteiger charge is 2.08. The number of aliphatic imine (C=N–C) groups is 1. The van der Waals surface area contributed by atoms with Crippen LogP contribution < -0.4 is 20.1 Å². The smallest absolute Gasteiger partial charge is 0.215 e. The summed E-state index contributed by atoms with van der Waals surface area (Å²) in [4.78, 5) is 4.21. The molecule has 0 saturated carbocycles. The second-order valence-corrected chi connectivity index (χ2v) is 7.84. The Labute approximate surface area is 160 Å². The molecule has 27 heavy (non-hydrogen) atoms. The summed E-state index contributed by atoms with van der Waals surface area (Å²) >= 11 is 0. The maximum absolute atomic E-state index is 11.6. The molecule has 0 aliphatic heterocycles. The van der Waals surface area contributed by atoms with Crippen LogP contribution in [-0.2, 0) is 28.9 Å². The Morgan fingerprint density at radius 3 is 2.22 bits per heavy atom. The van der Waals surface area contributed by atoms with E-state index in [1.165, 1.54) is 7.05 Å². The van der Waals surface area contributed by atoms with E-state index in [1.54, 1.807) is 14.2 Å². The number of methoxy groups -OCH3 is 1. The average molecular weight is 391 g/mol. The lowest BCUT2D eigenvalue weighted by atomic mass is 10.1. The van der Waals surface area contributed by atoms with Crippen molar-refractivity contribution in [3.63, 3.8) is 0 Å². The number of ether oxygens (including phenoxy) is 1. The van der Waals surface area contributed by atoms with Gasteiger partial charge in [0.2, 0.25) is 10.0 Å². The largest absolute Gasteiger partial charge is 0.497 e. The molecule has 8 heteroatoms. The van der Waals surface area contributed by atoms with Crippen LogP contribution in [-0.4, -0.2) is 35.6 Å². The molecule has 0 bridgehead atoms. The van der Waals surface area contributed by atoms with Crippen LogP contribution in [0.4, 0.5) is 0 Å². The molecule has 0 heterocycles. The van der Waals surface area contributed by atoms with Crippen LogP contribution in [0.15, 0.2) is 53.5 Å². The molecule has 0 aromatic heterocycles.